The fourth-order valence-electron chi connectivity index (χ4n) is 1.57. The Bertz CT molecular complexity index is 437. The first-order valence-electron chi connectivity index (χ1n) is 5.39. The lowest BCUT2D eigenvalue weighted by atomic mass is 9.80. The molecule has 0 bridgehead atoms. The van der Waals surface area contributed by atoms with Gasteiger partial charge in [0.15, 0.2) is 0 Å². The van der Waals surface area contributed by atoms with Gasteiger partial charge in [0.05, 0.1) is 16.2 Å². The van der Waals surface area contributed by atoms with Gasteiger partial charge in [-0.15, -0.1) is 0 Å². The molecule has 1 aromatic rings. The van der Waals surface area contributed by atoms with E-state index in [1.54, 1.807) is 12.3 Å². The minimum atomic E-state index is -0.444. The van der Waals surface area contributed by atoms with E-state index in [1.165, 1.54) is 0 Å². The molecule has 1 aliphatic rings. The number of nitrogens with zero attached hydrogens (tertiary/aromatic N) is 1. The summed E-state index contributed by atoms with van der Waals surface area (Å²) in [6, 6.07) is 1.81. The van der Waals surface area contributed by atoms with Crippen LogP contribution in [0.25, 0.3) is 0 Å². The van der Waals surface area contributed by atoms with Crippen molar-refractivity contribution in [2.24, 2.45) is 0 Å². The molecule has 0 unspecified atom stereocenters. The number of pyridine rings is 1. The van der Waals surface area contributed by atoms with Gasteiger partial charge >= 0.3 is 7.12 Å². The quantitative estimate of drug-likeness (QED) is 0.589. The summed E-state index contributed by atoms with van der Waals surface area (Å²) in [5.41, 5.74) is 0.0925. The molecule has 1 aromatic heterocycles. The Hall–Kier alpha value is -0.0951. The molecule has 0 saturated carbocycles. The van der Waals surface area contributed by atoms with Crippen molar-refractivity contribution in [3.63, 3.8) is 0 Å². The van der Waals surface area contributed by atoms with Crippen LogP contribution in [0.2, 0.25) is 5.02 Å². The standard InChI is InChI=1S/C11H14BBrClNO2/c1-10(2)11(3,4)17-12(16-10)8-5-7(14)6-15-9(8)13/h5-6H,1-4H3. The van der Waals surface area contributed by atoms with E-state index in [-0.39, 0.29) is 11.2 Å². The van der Waals surface area contributed by atoms with Crippen molar-refractivity contribution in [3.8, 4) is 0 Å². The lowest BCUT2D eigenvalue weighted by Crippen LogP contribution is -2.41. The van der Waals surface area contributed by atoms with Gasteiger partial charge in [-0.25, -0.2) is 4.98 Å². The number of rotatable bonds is 1. The predicted octanol–water partition coefficient (Wildman–Crippen LogP) is 2.80. The number of hydrogen-bond donors (Lipinski definition) is 0. The van der Waals surface area contributed by atoms with Crippen molar-refractivity contribution in [2.45, 2.75) is 38.9 Å². The van der Waals surface area contributed by atoms with Crippen molar-refractivity contribution < 1.29 is 9.31 Å². The second kappa shape index (κ2) is 4.23. The first-order chi connectivity index (χ1) is 7.73. The van der Waals surface area contributed by atoms with Gasteiger partial charge in [-0.05, 0) is 49.7 Å². The Morgan fingerprint density at radius 2 is 1.76 bits per heavy atom. The van der Waals surface area contributed by atoms with Crippen LogP contribution in [0.4, 0.5) is 0 Å². The van der Waals surface area contributed by atoms with E-state index in [0.717, 1.165) is 5.46 Å². The molecule has 0 atom stereocenters. The van der Waals surface area contributed by atoms with Gasteiger partial charge in [0.25, 0.3) is 0 Å². The minimum absolute atomic E-state index is 0.362. The SMILES string of the molecule is CC1(C)OB(c2cc(Cl)cnc2Br)OC1(C)C. The fourth-order valence-corrected chi connectivity index (χ4v) is 2.14. The van der Waals surface area contributed by atoms with Crippen LogP contribution in [0.1, 0.15) is 27.7 Å². The van der Waals surface area contributed by atoms with Crippen LogP contribution in [-0.2, 0) is 9.31 Å². The highest BCUT2D eigenvalue weighted by Crippen LogP contribution is 2.36. The Balaban J connectivity index is 2.35. The van der Waals surface area contributed by atoms with Crippen molar-refractivity contribution in [2.75, 3.05) is 0 Å². The topological polar surface area (TPSA) is 31.4 Å². The fraction of sp³-hybridized carbons (Fsp3) is 0.545. The minimum Gasteiger partial charge on any atom is -0.399 e. The molecule has 17 heavy (non-hydrogen) atoms. The summed E-state index contributed by atoms with van der Waals surface area (Å²) in [4.78, 5) is 4.14. The predicted molar refractivity (Wildman–Crippen MR) is 72.7 cm³/mol. The smallest absolute Gasteiger partial charge is 0.399 e. The first-order valence-corrected chi connectivity index (χ1v) is 6.57. The molecule has 0 N–H and O–H groups in total. The molecule has 1 saturated heterocycles. The van der Waals surface area contributed by atoms with Gasteiger partial charge in [-0.1, -0.05) is 11.6 Å². The summed E-state index contributed by atoms with van der Waals surface area (Å²) >= 11 is 9.33. The normalized spacial score (nSPS) is 21.9. The summed E-state index contributed by atoms with van der Waals surface area (Å²) < 4.78 is 12.6. The van der Waals surface area contributed by atoms with Gasteiger partial charge in [0.1, 0.15) is 4.60 Å². The molecule has 0 radical (unpaired) electrons. The molecule has 0 amide bonds. The van der Waals surface area contributed by atoms with E-state index in [1.807, 2.05) is 27.7 Å². The van der Waals surface area contributed by atoms with Gasteiger partial charge in [-0.2, -0.15) is 0 Å². The molecule has 2 rings (SSSR count). The van der Waals surface area contributed by atoms with Crippen LogP contribution >= 0.6 is 27.5 Å². The summed E-state index contributed by atoms with van der Waals surface area (Å²) in [5, 5.41) is 0.568. The number of halogens is 2. The average molecular weight is 318 g/mol. The zero-order chi connectivity index (χ0) is 12.8. The molecular formula is C11H14BBrClNO2. The second-order valence-electron chi connectivity index (χ2n) is 5.12. The monoisotopic (exact) mass is 317 g/mol. The van der Waals surface area contributed by atoms with E-state index in [4.69, 9.17) is 20.9 Å². The Morgan fingerprint density at radius 3 is 2.29 bits per heavy atom. The highest BCUT2D eigenvalue weighted by Gasteiger charge is 2.52. The molecule has 1 aliphatic heterocycles. The Kier molecular flexibility index (Phi) is 3.32. The maximum Gasteiger partial charge on any atom is 0.497 e. The Morgan fingerprint density at radius 1 is 1.24 bits per heavy atom. The van der Waals surface area contributed by atoms with Crippen molar-refractivity contribution in [1.82, 2.24) is 4.98 Å². The van der Waals surface area contributed by atoms with E-state index in [9.17, 15) is 0 Å². The molecule has 6 heteroatoms. The summed E-state index contributed by atoms with van der Waals surface area (Å²) in [6.45, 7) is 8.05. The molecule has 92 valence electrons. The van der Waals surface area contributed by atoms with E-state index in [2.05, 4.69) is 20.9 Å². The number of aromatic nitrogens is 1. The molecular weight excluding hydrogens is 304 g/mol. The van der Waals surface area contributed by atoms with Crippen molar-refractivity contribution in [3.05, 3.63) is 21.9 Å². The van der Waals surface area contributed by atoms with Crippen molar-refractivity contribution in [1.29, 1.82) is 0 Å². The largest absolute Gasteiger partial charge is 0.497 e. The van der Waals surface area contributed by atoms with Gasteiger partial charge in [0, 0.05) is 11.7 Å². The van der Waals surface area contributed by atoms with Crippen LogP contribution in [0.3, 0.4) is 0 Å². The maximum atomic E-state index is 5.94. The first kappa shape index (κ1) is 13.3. The number of hydrogen-bond acceptors (Lipinski definition) is 3. The summed E-state index contributed by atoms with van der Waals surface area (Å²) in [7, 11) is -0.444. The van der Waals surface area contributed by atoms with Crippen LogP contribution in [0.15, 0.2) is 16.9 Å². The van der Waals surface area contributed by atoms with Crippen LogP contribution < -0.4 is 5.46 Å². The molecule has 2 heterocycles. The highest BCUT2D eigenvalue weighted by molar-refractivity contribution is 9.10. The highest BCUT2D eigenvalue weighted by atomic mass is 79.9. The molecule has 1 fully saturated rings. The van der Waals surface area contributed by atoms with Gasteiger partial charge in [-0.3, -0.25) is 0 Å². The van der Waals surface area contributed by atoms with Crippen LogP contribution in [0.5, 0.6) is 0 Å². The van der Waals surface area contributed by atoms with Gasteiger partial charge in [0.2, 0.25) is 0 Å². The average Bonchev–Trinajstić information content (AvgIpc) is 2.40. The second-order valence-corrected chi connectivity index (χ2v) is 6.31. The summed E-state index contributed by atoms with van der Waals surface area (Å²) in [5.74, 6) is 0. The third kappa shape index (κ3) is 2.39. The zero-order valence-corrected chi connectivity index (χ0v) is 12.6. The molecule has 0 aromatic carbocycles. The lowest BCUT2D eigenvalue weighted by Gasteiger charge is -2.32. The van der Waals surface area contributed by atoms with E-state index in [0.29, 0.717) is 9.63 Å². The third-order valence-electron chi connectivity index (χ3n) is 3.34. The van der Waals surface area contributed by atoms with Crippen molar-refractivity contribution >= 4 is 40.1 Å². The van der Waals surface area contributed by atoms with E-state index >= 15 is 0 Å². The lowest BCUT2D eigenvalue weighted by molar-refractivity contribution is 0.00578. The molecule has 0 aliphatic carbocycles. The van der Waals surface area contributed by atoms with E-state index < -0.39 is 7.12 Å². The molecule has 3 nitrogen and oxygen atoms in total. The third-order valence-corrected chi connectivity index (χ3v) is 4.21. The maximum absolute atomic E-state index is 5.94. The van der Waals surface area contributed by atoms with Crippen LogP contribution in [0, 0.1) is 0 Å². The summed E-state index contributed by atoms with van der Waals surface area (Å²) in [6.07, 6.45) is 1.58. The van der Waals surface area contributed by atoms with Crippen LogP contribution in [-0.4, -0.2) is 23.3 Å². The van der Waals surface area contributed by atoms with Gasteiger partial charge < -0.3 is 9.31 Å². The zero-order valence-electron chi connectivity index (χ0n) is 10.3. The molecule has 0 spiro atoms. The Labute approximate surface area is 115 Å².